The molecule has 0 bridgehead atoms. The summed E-state index contributed by atoms with van der Waals surface area (Å²) >= 11 is 0. The predicted molar refractivity (Wildman–Crippen MR) is 253 cm³/mol. The van der Waals surface area contributed by atoms with Gasteiger partial charge in [-0.25, -0.2) is 0 Å². The van der Waals surface area contributed by atoms with Crippen LogP contribution in [-0.4, -0.2) is 40.3 Å². The summed E-state index contributed by atoms with van der Waals surface area (Å²) in [6.45, 7) is 23.5. The molecular weight excluding hydrogens is 681 g/mol. The van der Waals surface area contributed by atoms with Gasteiger partial charge in [-0.05, 0) is 122 Å². The third kappa shape index (κ3) is 15.3. The maximum atomic E-state index is 2.72. The number of rotatable bonds is 30. The lowest BCUT2D eigenvalue weighted by Crippen LogP contribution is -2.34. The van der Waals surface area contributed by atoms with Crippen molar-refractivity contribution in [1.82, 2.24) is 0 Å². The van der Waals surface area contributed by atoms with E-state index >= 15 is 0 Å². The van der Waals surface area contributed by atoms with Gasteiger partial charge in [-0.3, -0.25) is 0 Å². The van der Waals surface area contributed by atoms with Crippen molar-refractivity contribution in [1.29, 1.82) is 0 Å². The van der Waals surface area contributed by atoms with E-state index in [2.05, 4.69) is 162 Å². The predicted octanol–water partition coefficient (Wildman–Crippen LogP) is 15.7. The van der Waals surface area contributed by atoms with Crippen molar-refractivity contribution in [2.45, 2.75) is 158 Å². The van der Waals surface area contributed by atoms with Crippen LogP contribution in [0.1, 0.15) is 158 Å². The van der Waals surface area contributed by atoms with E-state index in [1.807, 2.05) is 0 Å². The van der Waals surface area contributed by atoms with Crippen LogP contribution < -0.4 is 19.6 Å². The highest BCUT2D eigenvalue weighted by Gasteiger charge is 2.20. The Kier molecular flexibility index (Phi) is 22.5. The van der Waals surface area contributed by atoms with E-state index < -0.39 is 0 Å². The van der Waals surface area contributed by atoms with E-state index in [9.17, 15) is 0 Å². The van der Waals surface area contributed by atoms with Gasteiger partial charge in [0.05, 0.1) is 0 Å². The molecule has 0 radical (unpaired) electrons. The minimum Gasteiger partial charge on any atom is -0.371 e. The Hall–Kier alpha value is -3.14. The molecule has 4 unspecified atom stereocenters. The molecule has 0 heterocycles. The molecule has 4 nitrogen and oxygen atoms in total. The van der Waals surface area contributed by atoms with Crippen molar-refractivity contribution in [3.05, 3.63) is 72.8 Å². The summed E-state index contributed by atoms with van der Waals surface area (Å²) < 4.78 is 0. The Bertz CT molecular complexity index is 1260. The lowest BCUT2D eigenvalue weighted by Gasteiger charge is -2.33. The Morgan fingerprint density at radius 1 is 0.321 bits per heavy atom. The van der Waals surface area contributed by atoms with Crippen LogP contribution in [0, 0.1) is 23.7 Å². The standard InChI is InChI=1S/C52H86N4/c1-11-19-23-43(15-5)39-55(40-44(16-6)24-20-12-2)51-35-31-49(32-36-51)53(9)47-27-29-48(30-28-47)54(10)50-33-37-52(38-34-50)56(41-45(17-7)25-21-13-3)42-46(18-8)26-22-14-4/h27-38,43-46H,11-26,39-42H2,1-10H3. The molecule has 0 aliphatic heterocycles. The van der Waals surface area contributed by atoms with Crippen molar-refractivity contribution in [2.75, 3.05) is 59.9 Å². The van der Waals surface area contributed by atoms with Gasteiger partial charge in [0.2, 0.25) is 0 Å². The maximum Gasteiger partial charge on any atom is 0.0409 e. The van der Waals surface area contributed by atoms with Crippen LogP contribution in [0.3, 0.4) is 0 Å². The fourth-order valence-electron chi connectivity index (χ4n) is 8.46. The highest BCUT2D eigenvalue weighted by Crippen LogP contribution is 2.33. The lowest BCUT2D eigenvalue weighted by atomic mass is 9.95. The van der Waals surface area contributed by atoms with Crippen LogP contribution in [0.5, 0.6) is 0 Å². The van der Waals surface area contributed by atoms with Crippen LogP contribution in [0.25, 0.3) is 0 Å². The fourth-order valence-corrected chi connectivity index (χ4v) is 8.46. The second-order valence-corrected chi connectivity index (χ2v) is 17.1. The first-order valence-electron chi connectivity index (χ1n) is 23.5. The first-order chi connectivity index (χ1) is 27.2. The van der Waals surface area contributed by atoms with E-state index in [4.69, 9.17) is 0 Å². The van der Waals surface area contributed by atoms with Gasteiger partial charge < -0.3 is 19.6 Å². The molecule has 0 amide bonds. The average molecular weight is 767 g/mol. The molecule has 3 aromatic rings. The minimum atomic E-state index is 0.757. The lowest BCUT2D eigenvalue weighted by molar-refractivity contribution is 0.403. The molecule has 0 spiro atoms. The molecule has 3 rings (SSSR count). The Morgan fingerprint density at radius 3 is 0.696 bits per heavy atom. The molecule has 4 atom stereocenters. The molecule has 56 heavy (non-hydrogen) atoms. The second kappa shape index (κ2) is 26.7. The molecule has 3 aromatic carbocycles. The average Bonchev–Trinajstić information content (AvgIpc) is 3.25. The molecular formula is C52H86N4. The zero-order valence-corrected chi connectivity index (χ0v) is 38.2. The van der Waals surface area contributed by atoms with Crippen LogP contribution in [-0.2, 0) is 0 Å². The Morgan fingerprint density at radius 2 is 0.518 bits per heavy atom. The van der Waals surface area contributed by atoms with Gasteiger partial charge in [0.15, 0.2) is 0 Å². The number of unbranched alkanes of at least 4 members (excludes halogenated alkanes) is 4. The Balaban J connectivity index is 1.74. The van der Waals surface area contributed by atoms with Crippen molar-refractivity contribution in [2.24, 2.45) is 23.7 Å². The van der Waals surface area contributed by atoms with E-state index in [1.54, 1.807) is 0 Å². The summed E-state index contributed by atoms with van der Waals surface area (Å²) in [5.41, 5.74) is 7.62. The fraction of sp³-hybridized carbons (Fsp3) is 0.654. The third-order valence-electron chi connectivity index (χ3n) is 12.9. The summed E-state index contributed by atoms with van der Waals surface area (Å²) in [4.78, 5) is 10.1. The highest BCUT2D eigenvalue weighted by atomic mass is 15.1. The van der Waals surface area contributed by atoms with Crippen molar-refractivity contribution in [3.8, 4) is 0 Å². The van der Waals surface area contributed by atoms with Crippen LogP contribution in [0.2, 0.25) is 0 Å². The van der Waals surface area contributed by atoms with Crippen LogP contribution in [0.4, 0.5) is 34.1 Å². The largest absolute Gasteiger partial charge is 0.371 e. The number of hydrogen-bond donors (Lipinski definition) is 0. The molecule has 0 saturated carbocycles. The zero-order chi connectivity index (χ0) is 40.7. The zero-order valence-electron chi connectivity index (χ0n) is 38.2. The van der Waals surface area contributed by atoms with Crippen molar-refractivity contribution in [3.63, 3.8) is 0 Å². The molecule has 0 aliphatic rings. The second-order valence-electron chi connectivity index (χ2n) is 17.1. The maximum absolute atomic E-state index is 2.72. The van der Waals surface area contributed by atoms with Gasteiger partial charge >= 0.3 is 0 Å². The van der Waals surface area contributed by atoms with Crippen molar-refractivity contribution < 1.29 is 0 Å². The molecule has 0 fully saturated rings. The van der Waals surface area contributed by atoms with E-state index in [0.717, 1.165) is 23.7 Å². The summed E-state index contributed by atoms with van der Waals surface area (Å²) in [7, 11) is 4.39. The quantitative estimate of drug-likeness (QED) is 0.0670. The van der Waals surface area contributed by atoms with Crippen molar-refractivity contribution >= 4 is 34.1 Å². The summed E-state index contributed by atoms with van der Waals surface area (Å²) in [6.07, 6.45) is 20.9. The molecule has 0 saturated heterocycles. The SMILES string of the molecule is CCCCC(CC)CN(CC(CC)CCCC)c1ccc(N(C)c2ccc(N(C)c3ccc(N(CC(CC)CCCC)CC(CC)CCCC)cc3)cc2)cc1. The van der Waals surface area contributed by atoms with Gasteiger partial charge in [-0.1, -0.05) is 132 Å². The number of benzene rings is 3. The number of anilines is 6. The van der Waals surface area contributed by atoms with E-state index in [1.165, 1.54) is 163 Å². The monoisotopic (exact) mass is 767 g/mol. The molecule has 0 aliphatic carbocycles. The van der Waals surface area contributed by atoms with Crippen LogP contribution >= 0.6 is 0 Å². The van der Waals surface area contributed by atoms with E-state index in [-0.39, 0.29) is 0 Å². The van der Waals surface area contributed by atoms with Gasteiger partial charge in [-0.2, -0.15) is 0 Å². The molecule has 314 valence electrons. The highest BCUT2D eigenvalue weighted by molar-refractivity contribution is 5.70. The summed E-state index contributed by atoms with van der Waals surface area (Å²) in [5.74, 6) is 3.03. The molecule has 0 aromatic heterocycles. The van der Waals surface area contributed by atoms with Crippen LogP contribution in [0.15, 0.2) is 72.8 Å². The summed E-state index contributed by atoms with van der Waals surface area (Å²) in [5, 5.41) is 0. The number of nitrogens with zero attached hydrogens (tertiary/aromatic N) is 4. The first-order valence-corrected chi connectivity index (χ1v) is 23.5. The van der Waals surface area contributed by atoms with Gasteiger partial charge in [0.1, 0.15) is 0 Å². The third-order valence-corrected chi connectivity index (χ3v) is 12.9. The first kappa shape index (κ1) is 47.2. The topological polar surface area (TPSA) is 13.0 Å². The van der Waals surface area contributed by atoms with E-state index in [0.29, 0.717) is 0 Å². The van der Waals surface area contributed by atoms with Gasteiger partial charge in [0.25, 0.3) is 0 Å². The summed E-state index contributed by atoms with van der Waals surface area (Å²) in [6, 6.07) is 27.9. The normalized spacial score (nSPS) is 13.6. The smallest absolute Gasteiger partial charge is 0.0409 e. The number of hydrogen-bond acceptors (Lipinski definition) is 4. The Labute approximate surface area is 347 Å². The molecule has 0 N–H and O–H groups in total. The minimum absolute atomic E-state index is 0.757. The van der Waals surface area contributed by atoms with Gasteiger partial charge in [0, 0.05) is 74.4 Å². The molecule has 4 heteroatoms. The van der Waals surface area contributed by atoms with Gasteiger partial charge in [-0.15, -0.1) is 0 Å².